The Kier molecular flexibility index (Phi) is 7.45. The van der Waals surface area contributed by atoms with E-state index in [0.29, 0.717) is 32.2 Å². The lowest BCUT2D eigenvalue weighted by Gasteiger charge is -2.37. The van der Waals surface area contributed by atoms with E-state index in [1.165, 1.54) is 12.0 Å². The van der Waals surface area contributed by atoms with E-state index in [4.69, 9.17) is 9.84 Å². The van der Waals surface area contributed by atoms with Crippen LogP contribution in [0.25, 0.3) is 0 Å². The van der Waals surface area contributed by atoms with Crippen LogP contribution >= 0.6 is 0 Å². The fraction of sp³-hybridized carbons (Fsp3) is 0.857. The second kappa shape index (κ2) is 8.84. The van der Waals surface area contributed by atoms with E-state index < -0.39 is 5.97 Å². The highest BCUT2D eigenvalue weighted by atomic mass is 16.5. The molecule has 2 amide bonds. The summed E-state index contributed by atoms with van der Waals surface area (Å²) in [4.78, 5) is 28.7. The summed E-state index contributed by atoms with van der Waals surface area (Å²) in [5.74, 6) is -0.393. The molecule has 122 valence electrons. The van der Waals surface area contributed by atoms with Gasteiger partial charge in [-0.25, -0.2) is 4.79 Å². The number of rotatable bonds is 7. The van der Waals surface area contributed by atoms with Gasteiger partial charge < -0.3 is 19.6 Å². The summed E-state index contributed by atoms with van der Waals surface area (Å²) in [6, 6.07) is -0.210. The Hall–Kier alpha value is -1.34. The zero-order valence-corrected chi connectivity index (χ0v) is 13.2. The Bertz CT molecular complexity index is 341. The summed E-state index contributed by atoms with van der Waals surface area (Å²) in [6.07, 6.45) is 0. The van der Waals surface area contributed by atoms with E-state index in [0.717, 1.165) is 19.6 Å². The molecule has 7 heteroatoms. The molecule has 21 heavy (non-hydrogen) atoms. The summed E-state index contributed by atoms with van der Waals surface area (Å²) in [7, 11) is 1.54. The molecule has 7 nitrogen and oxygen atoms in total. The smallest absolute Gasteiger partial charge is 0.323 e. The summed E-state index contributed by atoms with van der Waals surface area (Å²) in [6.45, 7) is 8.72. The molecule has 0 aromatic heterocycles. The van der Waals surface area contributed by atoms with Crippen molar-refractivity contribution in [2.45, 2.75) is 13.8 Å². The third-order valence-electron chi connectivity index (χ3n) is 3.43. The van der Waals surface area contributed by atoms with Crippen LogP contribution in [-0.4, -0.2) is 91.3 Å². The Morgan fingerprint density at radius 3 is 2.33 bits per heavy atom. The van der Waals surface area contributed by atoms with Crippen LogP contribution < -0.4 is 0 Å². The quantitative estimate of drug-likeness (QED) is 0.737. The van der Waals surface area contributed by atoms with Gasteiger partial charge in [-0.2, -0.15) is 0 Å². The molecule has 1 rings (SSSR count). The monoisotopic (exact) mass is 301 g/mol. The highest BCUT2D eigenvalue weighted by molar-refractivity contribution is 5.80. The molecule has 1 aliphatic heterocycles. The van der Waals surface area contributed by atoms with Gasteiger partial charge in [0.25, 0.3) is 0 Å². The average molecular weight is 301 g/mol. The fourth-order valence-electron chi connectivity index (χ4n) is 2.45. The van der Waals surface area contributed by atoms with Crippen LogP contribution in [0, 0.1) is 5.92 Å². The summed E-state index contributed by atoms with van der Waals surface area (Å²) in [5, 5.41) is 8.91. The minimum absolute atomic E-state index is 0.210. The molecule has 1 aliphatic rings. The highest BCUT2D eigenvalue weighted by Crippen LogP contribution is 2.08. The number of urea groups is 1. The molecule has 0 aromatic carbocycles. The normalized spacial score (nSPS) is 16.3. The van der Waals surface area contributed by atoms with Gasteiger partial charge in [0, 0.05) is 46.4 Å². The predicted molar refractivity (Wildman–Crippen MR) is 79.3 cm³/mol. The molecule has 0 atom stereocenters. The number of ether oxygens (including phenoxy) is 1. The maximum absolute atomic E-state index is 12.4. The molecule has 1 saturated heterocycles. The van der Waals surface area contributed by atoms with Gasteiger partial charge in [0.15, 0.2) is 0 Å². The molecule has 0 spiro atoms. The van der Waals surface area contributed by atoms with Gasteiger partial charge in [0.1, 0.15) is 6.54 Å². The van der Waals surface area contributed by atoms with E-state index >= 15 is 0 Å². The standard InChI is InChI=1S/C14H27N3O4/c1-12(2)10-15-4-6-16(7-5-15)14(20)17(8-9-21-3)11-13(18)19/h12H,4-11H2,1-3H3,(H,18,19). The predicted octanol–water partition coefficient (Wildman–Crippen LogP) is 0.413. The Morgan fingerprint density at radius 2 is 1.86 bits per heavy atom. The van der Waals surface area contributed by atoms with Crippen molar-refractivity contribution in [3.8, 4) is 0 Å². The van der Waals surface area contributed by atoms with Crippen molar-refractivity contribution in [2.75, 3.05) is 59.5 Å². The number of nitrogens with zero attached hydrogens (tertiary/aromatic N) is 3. The van der Waals surface area contributed by atoms with E-state index in [1.807, 2.05) is 0 Å². The van der Waals surface area contributed by atoms with Crippen molar-refractivity contribution in [1.82, 2.24) is 14.7 Å². The average Bonchev–Trinajstić information content (AvgIpc) is 2.42. The molecule has 0 saturated carbocycles. The largest absolute Gasteiger partial charge is 0.480 e. The summed E-state index contributed by atoms with van der Waals surface area (Å²) in [5.41, 5.74) is 0. The van der Waals surface area contributed by atoms with E-state index in [9.17, 15) is 9.59 Å². The summed E-state index contributed by atoms with van der Waals surface area (Å²) >= 11 is 0. The van der Waals surface area contributed by atoms with Crippen molar-refractivity contribution in [1.29, 1.82) is 0 Å². The number of aliphatic carboxylic acids is 1. The van der Waals surface area contributed by atoms with Gasteiger partial charge in [-0.05, 0) is 5.92 Å². The number of amides is 2. The van der Waals surface area contributed by atoms with Crippen molar-refractivity contribution in [3.63, 3.8) is 0 Å². The van der Waals surface area contributed by atoms with Crippen molar-refractivity contribution in [3.05, 3.63) is 0 Å². The van der Waals surface area contributed by atoms with Crippen LogP contribution in [0.3, 0.4) is 0 Å². The molecule has 1 heterocycles. The van der Waals surface area contributed by atoms with Crippen LogP contribution in [0.15, 0.2) is 0 Å². The lowest BCUT2D eigenvalue weighted by Crippen LogP contribution is -2.54. The van der Waals surface area contributed by atoms with Gasteiger partial charge in [-0.1, -0.05) is 13.8 Å². The van der Waals surface area contributed by atoms with E-state index in [1.54, 1.807) is 4.90 Å². The topological polar surface area (TPSA) is 73.3 Å². The minimum atomic E-state index is -1.00. The molecule has 0 aliphatic carbocycles. The molecular formula is C14H27N3O4. The van der Waals surface area contributed by atoms with Gasteiger partial charge in [0.05, 0.1) is 6.61 Å². The zero-order chi connectivity index (χ0) is 15.8. The van der Waals surface area contributed by atoms with Gasteiger partial charge in [0.2, 0.25) is 0 Å². The molecule has 1 fully saturated rings. The first-order valence-corrected chi connectivity index (χ1v) is 7.41. The van der Waals surface area contributed by atoms with Crippen LogP contribution in [0.5, 0.6) is 0 Å². The number of hydrogen-bond donors (Lipinski definition) is 1. The molecule has 0 unspecified atom stereocenters. The molecule has 1 N–H and O–H groups in total. The van der Waals surface area contributed by atoms with Crippen LogP contribution in [0.2, 0.25) is 0 Å². The lowest BCUT2D eigenvalue weighted by molar-refractivity contribution is -0.137. The van der Waals surface area contributed by atoms with E-state index in [2.05, 4.69) is 18.7 Å². The molecule has 0 bridgehead atoms. The summed E-state index contributed by atoms with van der Waals surface area (Å²) < 4.78 is 4.94. The maximum atomic E-state index is 12.4. The van der Waals surface area contributed by atoms with Crippen molar-refractivity contribution >= 4 is 12.0 Å². The number of hydrogen-bond acceptors (Lipinski definition) is 4. The molecular weight excluding hydrogens is 274 g/mol. The number of methoxy groups -OCH3 is 1. The first-order chi connectivity index (χ1) is 9.93. The number of carboxylic acids is 1. The third kappa shape index (κ3) is 6.31. The first kappa shape index (κ1) is 17.7. The lowest BCUT2D eigenvalue weighted by atomic mass is 10.2. The minimum Gasteiger partial charge on any atom is -0.480 e. The van der Waals surface area contributed by atoms with Gasteiger partial charge in [-0.15, -0.1) is 0 Å². The molecule has 0 aromatic rings. The SMILES string of the molecule is COCCN(CC(=O)O)C(=O)N1CCN(CC(C)C)CC1. The number of piperazine rings is 1. The second-order valence-electron chi connectivity index (χ2n) is 5.77. The zero-order valence-electron chi connectivity index (χ0n) is 13.2. The number of carbonyl (C=O) groups is 2. The van der Waals surface area contributed by atoms with Crippen LogP contribution in [-0.2, 0) is 9.53 Å². The highest BCUT2D eigenvalue weighted by Gasteiger charge is 2.26. The van der Waals surface area contributed by atoms with Crippen LogP contribution in [0.1, 0.15) is 13.8 Å². The number of carboxylic acid groups (broad SMARTS) is 1. The third-order valence-corrected chi connectivity index (χ3v) is 3.43. The molecule has 0 radical (unpaired) electrons. The Labute approximate surface area is 126 Å². The number of carbonyl (C=O) groups excluding carboxylic acids is 1. The Balaban J connectivity index is 2.50. The fourth-order valence-corrected chi connectivity index (χ4v) is 2.45. The maximum Gasteiger partial charge on any atom is 0.323 e. The second-order valence-corrected chi connectivity index (χ2v) is 5.77. The van der Waals surface area contributed by atoms with Crippen molar-refractivity contribution in [2.24, 2.45) is 5.92 Å². The first-order valence-electron chi connectivity index (χ1n) is 7.41. The van der Waals surface area contributed by atoms with Crippen molar-refractivity contribution < 1.29 is 19.4 Å². The van der Waals surface area contributed by atoms with E-state index in [-0.39, 0.29) is 12.6 Å². The van der Waals surface area contributed by atoms with Gasteiger partial charge in [-0.3, -0.25) is 9.69 Å². The Morgan fingerprint density at radius 1 is 1.24 bits per heavy atom. The van der Waals surface area contributed by atoms with Crippen LogP contribution in [0.4, 0.5) is 4.79 Å². The van der Waals surface area contributed by atoms with Gasteiger partial charge >= 0.3 is 12.0 Å².